The van der Waals surface area contributed by atoms with E-state index in [1.165, 1.54) is 36.7 Å². The van der Waals surface area contributed by atoms with E-state index < -0.39 is 11.9 Å². The number of methoxy groups -OCH3 is 1. The summed E-state index contributed by atoms with van der Waals surface area (Å²) < 4.78 is 4.68. The highest BCUT2D eigenvalue weighted by Crippen LogP contribution is 2.28. The van der Waals surface area contributed by atoms with Gasteiger partial charge in [-0.15, -0.1) is 11.3 Å². The molecule has 0 bridgehead atoms. The molecule has 0 spiro atoms. The number of amides is 1. The Morgan fingerprint density at radius 3 is 2.58 bits per heavy atom. The van der Waals surface area contributed by atoms with E-state index in [1.807, 2.05) is 6.07 Å². The number of rotatable bonds is 4. The first-order valence-electron chi connectivity index (χ1n) is 6.85. The van der Waals surface area contributed by atoms with E-state index >= 15 is 0 Å². The van der Waals surface area contributed by atoms with Crippen LogP contribution in [0.5, 0.6) is 5.75 Å². The first-order chi connectivity index (χ1) is 11.4. The van der Waals surface area contributed by atoms with Crippen molar-refractivity contribution >= 4 is 34.3 Å². The van der Waals surface area contributed by atoms with Gasteiger partial charge in [-0.25, -0.2) is 4.79 Å². The van der Waals surface area contributed by atoms with Crippen LogP contribution in [0.25, 0.3) is 6.08 Å². The highest BCUT2D eigenvalue weighted by atomic mass is 32.1. The Kier molecular flexibility index (Phi) is 5.35. The lowest BCUT2D eigenvalue weighted by Gasteiger charge is -2.04. The summed E-state index contributed by atoms with van der Waals surface area (Å²) in [6.45, 7) is 1.80. The fourth-order valence-corrected chi connectivity index (χ4v) is 2.82. The van der Waals surface area contributed by atoms with Gasteiger partial charge in [-0.2, -0.15) is 5.26 Å². The molecular formula is C17H14N2O4S. The maximum Gasteiger partial charge on any atom is 0.340 e. The van der Waals surface area contributed by atoms with Crippen LogP contribution in [-0.2, 0) is 9.53 Å². The molecule has 2 aromatic rings. The lowest BCUT2D eigenvalue weighted by atomic mass is 10.1. The Bertz CT molecular complexity index is 844. The number of thiophene rings is 1. The van der Waals surface area contributed by atoms with E-state index in [-0.39, 0.29) is 16.9 Å². The third-order valence-corrected chi connectivity index (χ3v) is 4.02. The topological polar surface area (TPSA) is 99.4 Å². The van der Waals surface area contributed by atoms with Crippen molar-refractivity contribution in [1.82, 2.24) is 0 Å². The standard InChI is InChI=1S/C17H14N2O4S/c1-10-7-14(17(22)23-2)16(24-10)19-15(21)12(9-18)8-11-3-5-13(20)6-4-11/h3-8,20H,1-2H3,(H,19,21). The van der Waals surface area contributed by atoms with Crippen molar-refractivity contribution in [2.24, 2.45) is 0 Å². The molecule has 122 valence electrons. The zero-order valence-electron chi connectivity index (χ0n) is 13.0. The number of nitriles is 1. The maximum atomic E-state index is 12.3. The summed E-state index contributed by atoms with van der Waals surface area (Å²) >= 11 is 1.22. The number of hydrogen-bond acceptors (Lipinski definition) is 6. The number of phenols is 1. The molecule has 7 heteroatoms. The highest BCUT2D eigenvalue weighted by Gasteiger charge is 2.19. The minimum atomic E-state index is -0.627. The molecule has 0 atom stereocenters. The second-order valence-electron chi connectivity index (χ2n) is 4.81. The molecule has 2 N–H and O–H groups in total. The molecule has 24 heavy (non-hydrogen) atoms. The van der Waals surface area contributed by atoms with Gasteiger partial charge in [0.2, 0.25) is 0 Å². The van der Waals surface area contributed by atoms with E-state index in [1.54, 1.807) is 25.1 Å². The molecular weight excluding hydrogens is 328 g/mol. The molecule has 0 saturated carbocycles. The minimum Gasteiger partial charge on any atom is -0.508 e. The maximum absolute atomic E-state index is 12.3. The summed E-state index contributed by atoms with van der Waals surface area (Å²) in [6.07, 6.45) is 1.40. The summed E-state index contributed by atoms with van der Waals surface area (Å²) in [7, 11) is 1.26. The number of carbonyl (C=O) groups excluding carboxylic acids is 2. The molecule has 0 aliphatic heterocycles. The van der Waals surface area contributed by atoms with Gasteiger partial charge < -0.3 is 15.2 Å². The van der Waals surface area contributed by atoms with Crippen LogP contribution >= 0.6 is 11.3 Å². The number of benzene rings is 1. The average Bonchev–Trinajstić information content (AvgIpc) is 2.93. The zero-order chi connectivity index (χ0) is 17.7. The van der Waals surface area contributed by atoms with Crippen molar-refractivity contribution in [1.29, 1.82) is 5.26 Å². The molecule has 6 nitrogen and oxygen atoms in total. The molecule has 0 aliphatic carbocycles. The Morgan fingerprint density at radius 1 is 1.33 bits per heavy atom. The highest BCUT2D eigenvalue weighted by molar-refractivity contribution is 7.16. The van der Waals surface area contributed by atoms with Crippen LogP contribution in [-0.4, -0.2) is 24.1 Å². The second kappa shape index (κ2) is 7.44. The number of aryl methyl sites for hydroxylation is 1. The molecule has 0 saturated heterocycles. The molecule has 0 unspecified atom stereocenters. The first kappa shape index (κ1) is 17.2. The van der Waals surface area contributed by atoms with Crippen LogP contribution in [0.3, 0.4) is 0 Å². The van der Waals surface area contributed by atoms with Crippen molar-refractivity contribution in [3.8, 4) is 11.8 Å². The summed E-state index contributed by atoms with van der Waals surface area (Å²) in [4.78, 5) is 24.8. The van der Waals surface area contributed by atoms with Crippen LogP contribution in [0.4, 0.5) is 5.00 Å². The Morgan fingerprint density at radius 2 is 2.00 bits per heavy atom. The molecule has 0 fully saturated rings. The number of ether oxygens (including phenoxy) is 1. The number of anilines is 1. The fourth-order valence-electron chi connectivity index (χ4n) is 1.92. The van der Waals surface area contributed by atoms with Crippen LogP contribution in [0.1, 0.15) is 20.8 Å². The van der Waals surface area contributed by atoms with Gasteiger partial charge in [0, 0.05) is 4.88 Å². The predicted octanol–water partition coefficient (Wildman–Crippen LogP) is 3.09. The van der Waals surface area contributed by atoms with Crippen molar-refractivity contribution in [3.05, 3.63) is 51.9 Å². The molecule has 1 amide bonds. The van der Waals surface area contributed by atoms with Gasteiger partial charge in [0.1, 0.15) is 22.4 Å². The fraction of sp³-hybridized carbons (Fsp3) is 0.118. The summed E-state index contributed by atoms with van der Waals surface area (Å²) in [5, 5.41) is 21.4. The van der Waals surface area contributed by atoms with Crippen molar-refractivity contribution in [2.75, 3.05) is 12.4 Å². The zero-order valence-corrected chi connectivity index (χ0v) is 13.8. The summed E-state index contributed by atoms with van der Waals surface area (Å²) in [5.74, 6) is -1.10. The van der Waals surface area contributed by atoms with Gasteiger partial charge in [0.25, 0.3) is 5.91 Å². The first-order valence-corrected chi connectivity index (χ1v) is 7.67. The van der Waals surface area contributed by atoms with E-state index in [2.05, 4.69) is 10.1 Å². The van der Waals surface area contributed by atoms with Gasteiger partial charge in [0.15, 0.2) is 0 Å². The number of hydrogen-bond donors (Lipinski definition) is 2. The SMILES string of the molecule is COC(=O)c1cc(C)sc1NC(=O)C(C#N)=Cc1ccc(O)cc1. The second-order valence-corrected chi connectivity index (χ2v) is 6.06. The number of phenolic OH excluding ortho intramolecular Hbond substituents is 1. The van der Waals surface area contributed by atoms with Crippen molar-refractivity contribution < 1.29 is 19.4 Å². The Labute approximate surface area is 142 Å². The number of aromatic hydroxyl groups is 1. The minimum absolute atomic E-state index is 0.0897. The van der Waals surface area contributed by atoms with Crippen molar-refractivity contribution in [2.45, 2.75) is 6.92 Å². The average molecular weight is 342 g/mol. The van der Waals surface area contributed by atoms with Crippen LogP contribution < -0.4 is 5.32 Å². The summed E-state index contributed by atoms with van der Waals surface area (Å²) in [5.41, 5.74) is 0.716. The monoisotopic (exact) mass is 342 g/mol. The smallest absolute Gasteiger partial charge is 0.340 e. The Balaban J connectivity index is 2.26. The predicted molar refractivity (Wildman–Crippen MR) is 90.7 cm³/mol. The normalized spacial score (nSPS) is 10.8. The molecule has 1 aromatic heterocycles. The van der Waals surface area contributed by atoms with E-state index in [0.717, 1.165) is 4.88 Å². The van der Waals surface area contributed by atoms with Crippen LogP contribution in [0.15, 0.2) is 35.9 Å². The Hall–Kier alpha value is -3.11. The number of esters is 1. The van der Waals surface area contributed by atoms with Gasteiger partial charge >= 0.3 is 5.97 Å². The molecule has 0 aliphatic rings. The molecule has 0 radical (unpaired) electrons. The molecule has 1 heterocycles. The lowest BCUT2D eigenvalue weighted by Crippen LogP contribution is -2.15. The molecule has 1 aromatic carbocycles. The van der Waals surface area contributed by atoms with Gasteiger partial charge in [-0.3, -0.25) is 4.79 Å². The van der Waals surface area contributed by atoms with E-state index in [0.29, 0.717) is 10.6 Å². The van der Waals surface area contributed by atoms with Gasteiger partial charge in [0.05, 0.1) is 12.7 Å². The van der Waals surface area contributed by atoms with Gasteiger partial charge in [-0.1, -0.05) is 12.1 Å². The quantitative estimate of drug-likeness (QED) is 0.505. The van der Waals surface area contributed by atoms with E-state index in [9.17, 15) is 20.0 Å². The molecule has 2 rings (SSSR count). The largest absolute Gasteiger partial charge is 0.508 e. The third kappa shape index (κ3) is 4.00. The number of carbonyl (C=O) groups is 2. The lowest BCUT2D eigenvalue weighted by molar-refractivity contribution is -0.112. The number of nitrogens with zero attached hydrogens (tertiary/aromatic N) is 1. The van der Waals surface area contributed by atoms with Gasteiger partial charge in [-0.05, 0) is 36.8 Å². The van der Waals surface area contributed by atoms with Crippen LogP contribution in [0.2, 0.25) is 0 Å². The summed E-state index contributed by atoms with van der Waals surface area (Å²) in [6, 6.07) is 9.51. The van der Waals surface area contributed by atoms with Crippen molar-refractivity contribution in [3.63, 3.8) is 0 Å². The number of nitrogens with one attached hydrogen (secondary N) is 1. The van der Waals surface area contributed by atoms with Crippen LogP contribution in [0, 0.1) is 18.3 Å². The van der Waals surface area contributed by atoms with E-state index in [4.69, 9.17) is 0 Å². The third-order valence-electron chi connectivity index (χ3n) is 3.06.